The first-order chi connectivity index (χ1) is 7.65. The molecular weight excluding hydrogens is 225 g/mol. The molecule has 0 aliphatic rings. The summed E-state index contributed by atoms with van der Waals surface area (Å²) >= 11 is 1.33. The van der Waals surface area contributed by atoms with Gasteiger partial charge in [0.15, 0.2) is 0 Å². The molecule has 1 amide bonds. The fourth-order valence-electron chi connectivity index (χ4n) is 1.71. The maximum absolute atomic E-state index is 13.6. The molecule has 16 heavy (non-hydrogen) atoms. The van der Waals surface area contributed by atoms with E-state index in [4.69, 9.17) is 0 Å². The topological polar surface area (TPSA) is 29.1 Å². The van der Waals surface area contributed by atoms with Crippen LogP contribution in [0.25, 0.3) is 10.1 Å². The van der Waals surface area contributed by atoms with E-state index in [1.165, 1.54) is 17.4 Å². The van der Waals surface area contributed by atoms with Gasteiger partial charge >= 0.3 is 0 Å². The average Bonchev–Trinajstić information content (AvgIpc) is 2.58. The lowest BCUT2D eigenvalue weighted by Crippen LogP contribution is -2.22. The van der Waals surface area contributed by atoms with Crippen molar-refractivity contribution in [1.82, 2.24) is 5.32 Å². The zero-order chi connectivity index (χ0) is 11.7. The molecule has 1 aromatic heterocycles. The summed E-state index contributed by atoms with van der Waals surface area (Å²) in [5.41, 5.74) is 0.726. The van der Waals surface area contributed by atoms with Crippen molar-refractivity contribution < 1.29 is 9.18 Å². The number of hydrogen-bond acceptors (Lipinski definition) is 2. The van der Waals surface area contributed by atoms with Gasteiger partial charge in [-0.2, -0.15) is 0 Å². The Hall–Kier alpha value is -1.42. The highest BCUT2D eigenvalue weighted by Gasteiger charge is 2.16. The third-order valence-corrected chi connectivity index (χ3v) is 3.70. The van der Waals surface area contributed by atoms with Crippen LogP contribution in [-0.4, -0.2) is 12.5 Å². The molecule has 0 aliphatic heterocycles. The van der Waals surface area contributed by atoms with Gasteiger partial charge < -0.3 is 5.32 Å². The first-order valence-electron chi connectivity index (χ1n) is 5.11. The van der Waals surface area contributed by atoms with Crippen molar-refractivity contribution in [3.05, 3.63) is 34.5 Å². The number of thiophene rings is 1. The minimum absolute atomic E-state index is 0.124. The number of rotatable bonds is 2. The van der Waals surface area contributed by atoms with Gasteiger partial charge in [-0.15, -0.1) is 11.3 Å². The molecule has 0 bridgehead atoms. The van der Waals surface area contributed by atoms with Crippen LogP contribution in [0.3, 0.4) is 0 Å². The van der Waals surface area contributed by atoms with Crippen molar-refractivity contribution in [2.75, 3.05) is 6.54 Å². The third-order valence-electron chi connectivity index (χ3n) is 2.45. The van der Waals surface area contributed by atoms with Gasteiger partial charge in [-0.1, -0.05) is 6.07 Å². The Morgan fingerprint density at radius 3 is 2.88 bits per heavy atom. The van der Waals surface area contributed by atoms with Gasteiger partial charge in [-0.05, 0) is 31.5 Å². The average molecular weight is 237 g/mol. The minimum atomic E-state index is -0.262. The SMILES string of the molecule is CCNC(=O)c1sc2cccc(F)c2c1C. The van der Waals surface area contributed by atoms with Crippen LogP contribution < -0.4 is 5.32 Å². The van der Waals surface area contributed by atoms with Crippen molar-refractivity contribution in [2.24, 2.45) is 0 Å². The molecule has 0 radical (unpaired) electrons. The maximum atomic E-state index is 13.6. The number of carbonyl (C=O) groups is 1. The molecule has 1 aromatic carbocycles. The molecule has 0 atom stereocenters. The Bertz CT molecular complexity index is 547. The lowest BCUT2D eigenvalue weighted by Gasteiger charge is -1.99. The molecule has 0 saturated carbocycles. The minimum Gasteiger partial charge on any atom is -0.352 e. The van der Waals surface area contributed by atoms with Gasteiger partial charge in [0.05, 0.1) is 4.88 Å². The molecule has 0 aliphatic carbocycles. The zero-order valence-corrected chi connectivity index (χ0v) is 9.95. The summed E-state index contributed by atoms with van der Waals surface area (Å²) in [4.78, 5) is 12.3. The largest absolute Gasteiger partial charge is 0.352 e. The smallest absolute Gasteiger partial charge is 0.261 e. The molecule has 1 heterocycles. The second kappa shape index (κ2) is 4.22. The maximum Gasteiger partial charge on any atom is 0.261 e. The second-order valence-electron chi connectivity index (χ2n) is 3.53. The molecule has 0 saturated heterocycles. The van der Waals surface area contributed by atoms with Crippen LogP contribution >= 0.6 is 11.3 Å². The standard InChI is InChI=1S/C12H12FNOS/c1-3-14-12(15)11-7(2)10-8(13)5-4-6-9(10)16-11/h4-6H,3H2,1-2H3,(H,14,15). The fraction of sp³-hybridized carbons (Fsp3) is 0.250. The number of halogens is 1. The summed E-state index contributed by atoms with van der Waals surface area (Å²) in [7, 11) is 0. The van der Waals surface area contributed by atoms with E-state index < -0.39 is 0 Å². The fourth-order valence-corrected chi connectivity index (χ4v) is 2.85. The molecular formula is C12H12FNOS. The predicted molar refractivity (Wildman–Crippen MR) is 64.5 cm³/mol. The normalized spacial score (nSPS) is 10.7. The zero-order valence-electron chi connectivity index (χ0n) is 9.13. The van der Waals surface area contributed by atoms with Crippen LogP contribution in [0.4, 0.5) is 4.39 Å². The summed E-state index contributed by atoms with van der Waals surface area (Å²) in [6.45, 7) is 4.22. The predicted octanol–water partition coefficient (Wildman–Crippen LogP) is 3.10. The van der Waals surface area contributed by atoms with Gasteiger partial charge in [0.25, 0.3) is 5.91 Å². The van der Waals surface area contributed by atoms with Gasteiger partial charge in [0, 0.05) is 16.6 Å². The van der Waals surface area contributed by atoms with Crippen LogP contribution in [0.2, 0.25) is 0 Å². The van der Waals surface area contributed by atoms with E-state index in [-0.39, 0.29) is 11.7 Å². The number of aryl methyl sites for hydroxylation is 1. The Morgan fingerprint density at radius 1 is 1.50 bits per heavy atom. The quantitative estimate of drug-likeness (QED) is 0.854. The van der Waals surface area contributed by atoms with Gasteiger partial charge in [0.2, 0.25) is 0 Å². The van der Waals surface area contributed by atoms with E-state index in [0.29, 0.717) is 16.8 Å². The number of benzene rings is 1. The van der Waals surface area contributed by atoms with Crippen molar-refractivity contribution in [1.29, 1.82) is 0 Å². The number of carbonyl (C=O) groups excluding carboxylic acids is 1. The molecule has 2 aromatic rings. The third kappa shape index (κ3) is 1.69. The van der Waals surface area contributed by atoms with E-state index >= 15 is 0 Å². The van der Waals surface area contributed by atoms with Gasteiger partial charge in [-0.25, -0.2) is 4.39 Å². The van der Waals surface area contributed by atoms with Crippen LogP contribution in [0.1, 0.15) is 22.2 Å². The molecule has 2 nitrogen and oxygen atoms in total. The molecule has 0 fully saturated rings. The molecule has 1 N–H and O–H groups in total. The van der Waals surface area contributed by atoms with Crippen molar-refractivity contribution in [3.63, 3.8) is 0 Å². The molecule has 0 unspecified atom stereocenters. The molecule has 2 rings (SSSR count). The van der Waals surface area contributed by atoms with Crippen LogP contribution in [-0.2, 0) is 0 Å². The summed E-state index contributed by atoms with van der Waals surface area (Å²) in [5.74, 6) is -0.387. The highest BCUT2D eigenvalue weighted by Crippen LogP contribution is 2.32. The summed E-state index contributed by atoms with van der Waals surface area (Å²) < 4.78 is 14.4. The van der Waals surface area contributed by atoms with E-state index in [9.17, 15) is 9.18 Å². The van der Waals surface area contributed by atoms with E-state index in [1.54, 1.807) is 13.0 Å². The summed E-state index contributed by atoms with van der Waals surface area (Å²) in [6, 6.07) is 4.91. The Balaban J connectivity index is 2.61. The summed E-state index contributed by atoms with van der Waals surface area (Å²) in [5, 5.41) is 3.30. The van der Waals surface area contributed by atoms with E-state index in [2.05, 4.69) is 5.32 Å². The Kier molecular flexibility index (Phi) is 2.92. The Morgan fingerprint density at radius 2 is 2.25 bits per heavy atom. The van der Waals surface area contributed by atoms with Crippen molar-refractivity contribution in [3.8, 4) is 0 Å². The Labute approximate surface area is 97.1 Å². The highest BCUT2D eigenvalue weighted by molar-refractivity contribution is 7.21. The number of amides is 1. The van der Waals surface area contributed by atoms with Crippen LogP contribution in [0.5, 0.6) is 0 Å². The van der Waals surface area contributed by atoms with E-state index in [1.807, 2.05) is 13.0 Å². The number of fused-ring (bicyclic) bond motifs is 1. The monoisotopic (exact) mass is 237 g/mol. The van der Waals surface area contributed by atoms with E-state index in [0.717, 1.165) is 10.3 Å². The molecule has 4 heteroatoms. The first-order valence-corrected chi connectivity index (χ1v) is 5.92. The highest BCUT2D eigenvalue weighted by atomic mass is 32.1. The summed E-state index contributed by atoms with van der Waals surface area (Å²) in [6.07, 6.45) is 0. The van der Waals surface area contributed by atoms with Crippen molar-refractivity contribution >= 4 is 27.3 Å². The van der Waals surface area contributed by atoms with Gasteiger partial charge in [-0.3, -0.25) is 4.79 Å². The van der Waals surface area contributed by atoms with Crippen LogP contribution in [0, 0.1) is 12.7 Å². The second-order valence-corrected chi connectivity index (χ2v) is 4.58. The number of hydrogen-bond donors (Lipinski definition) is 1. The lowest BCUT2D eigenvalue weighted by atomic mass is 10.1. The number of nitrogens with one attached hydrogen (secondary N) is 1. The lowest BCUT2D eigenvalue weighted by molar-refractivity contribution is 0.0959. The first kappa shape index (κ1) is 11.1. The van der Waals surface area contributed by atoms with Gasteiger partial charge in [0.1, 0.15) is 5.82 Å². The molecule has 84 valence electrons. The van der Waals surface area contributed by atoms with Crippen LogP contribution in [0.15, 0.2) is 18.2 Å². The molecule has 0 spiro atoms. The van der Waals surface area contributed by atoms with Crippen molar-refractivity contribution in [2.45, 2.75) is 13.8 Å².